The predicted molar refractivity (Wildman–Crippen MR) is 85.7 cm³/mol. The van der Waals surface area contributed by atoms with E-state index in [2.05, 4.69) is 19.9 Å². The van der Waals surface area contributed by atoms with E-state index in [0.29, 0.717) is 18.8 Å². The van der Waals surface area contributed by atoms with Gasteiger partial charge in [-0.3, -0.25) is 9.69 Å². The van der Waals surface area contributed by atoms with Gasteiger partial charge in [-0.2, -0.15) is 0 Å². The molecular formula is C17H17FN4O. The third kappa shape index (κ3) is 2.55. The van der Waals surface area contributed by atoms with Crippen LogP contribution in [0, 0.1) is 12.7 Å². The molecule has 1 aromatic carbocycles. The number of halogens is 1. The maximum absolute atomic E-state index is 13.3. The second kappa shape index (κ2) is 5.31. The molecule has 1 aliphatic heterocycles. The van der Waals surface area contributed by atoms with Crippen molar-refractivity contribution in [2.75, 3.05) is 6.54 Å². The first-order valence-electron chi connectivity index (χ1n) is 7.67. The van der Waals surface area contributed by atoms with Crippen molar-refractivity contribution in [2.24, 2.45) is 0 Å². The topological polar surface area (TPSA) is 64.8 Å². The number of aryl methyl sites for hydroxylation is 1. The smallest absolute Gasteiger partial charge is 0.254 e. The molecule has 0 fully saturated rings. The van der Waals surface area contributed by atoms with Crippen LogP contribution < -0.4 is 5.56 Å². The van der Waals surface area contributed by atoms with Gasteiger partial charge in [0.1, 0.15) is 11.6 Å². The summed E-state index contributed by atoms with van der Waals surface area (Å²) in [5.41, 5.74) is 3.58. The van der Waals surface area contributed by atoms with E-state index in [9.17, 15) is 9.18 Å². The molecule has 3 aromatic rings. The molecule has 1 aliphatic rings. The largest absolute Gasteiger partial charge is 0.361 e. The first-order chi connectivity index (χ1) is 11.1. The highest BCUT2D eigenvalue weighted by molar-refractivity contribution is 5.83. The number of benzene rings is 1. The molecule has 0 saturated carbocycles. The normalized spacial score (nSPS) is 15.0. The quantitative estimate of drug-likeness (QED) is 0.763. The van der Waals surface area contributed by atoms with Gasteiger partial charge in [-0.25, -0.2) is 9.37 Å². The minimum atomic E-state index is -0.239. The summed E-state index contributed by atoms with van der Waals surface area (Å²) in [6.45, 7) is 4.02. The number of aromatic nitrogens is 3. The summed E-state index contributed by atoms with van der Waals surface area (Å²) >= 11 is 0. The van der Waals surface area contributed by atoms with Crippen LogP contribution in [0.1, 0.15) is 22.6 Å². The van der Waals surface area contributed by atoms with Gasteiger partial charge in [-0.05, 0) is 37.1 Å². The van der Waals surface area contributed by atoms with Crippen LogP contribution in [0.25, 0.3) is 10.9 Å². The molecule has 0 spiro atoms. The van der Waals surface area contributed by atoms with Gasteiger partial charge >= 0.3 is 0 Å². The predicted octanol–water partition coefficient (Wildman–Crippen LogP) is 2.26. The van der Waals surface area contributed by atoms with Gasteiger partial charge in [0, 0.05) is 42.3 Å². The second-order valence-corrected chi connectivity index (χ2v) is 6.04. The summed E-state index contributed by atoms with van der Waals surface area (Å²) < 4.78 is 13.3. The number of fused-ring (bicyclic) bond motifs is 2. The van der Waals surface area contributed by atoms with E-state index in [1.807, 2.05) is 12.3 Å². The van der Waals surface area contributed by atoms with E-state index < -0.39 is 0 Å². The lowest BCUT2D eigenvalue weighted by Crippen LogP contribution is -2.35. The Morgan fingerprint density at radius 3 is 3.13 bits per heavy atom. The lowest BCUT2D eigenvalue weighted by Gasteiger charge is -2.27. The lowest BCUT2D eigenvalue weighted by atomic mass is 10.1. The number of hydrogen-bond acceptors (Lipinski definition) is 3. The standard InChI is InChI=1S/C17H17FN4O/c1-10-20-16-9-22(5-4-14(16)17(23)21-10)8-11-7-19-15-6-12(18)2-3-13(11)15/h2-3,6-7,19H,4-5,8-9H2,1H3,(H,20,21,23). The van der Waals surface area contributed by atoms with Gasteiger partial charge in [0.25, 0.3) is 5.56 Å². The molecule has 6 heteroatoms. The van der Waals surface area contributed by atoms with Crippen LogP contribution in [-0.4, -0.2) is 26.4 Å². The molecule has 23 heavy (non-hydrogen) atoms. The molecule has 0 atom stereocenters. The first kappa shape index (κ1) is 14.1. The SMILES string of the molecule is Cc1nc2c(c(=O)[nH]1)CCN(Cc1c[nH]c3cc(F)ccc13)C2. The fourth-order valence-corrected chi connectivity index (χ4v) is 3.28. The number of hydrogen-bond donors (Lipinski definition) is 2. The van der Waals surface area contributed by atoms with Gasteiger partial charge in [-0.1, -0.05) is 0 Å². The monoisotopic (exact) mass is 312 g/mol. The highest BCUT2D eigenvalue weighted by Crippen LogP contribution is 2.23. The Morgan fingerprint density at radius 2 is 2.26 bits per heavy atom. The van der Waals surface area contributed by atoms with E-state index in [0.717, 1.165) is 40.8 Å². The third-order valence-corrected chi connectivity index (χ3v) is 4.39. The van der Waals surface area contributed by atoms with Crippen molar-refractivity contribution in [3.05, 3.63) is 63.2 Å². The van der Waals surface area contributed by atoms with E-state index in [1.54, 1.807) is 6.92 Å². The average molecular weight is 312 g/mol. The Hall–Kier alpha value is -2.47. The summed E-state index contributed by atoms with van der Waals surface area (Å²) in [6.07, 6.45) is 2.63. The summed E-state index contributed by atoms with van der Waals surface area (Å²) in [5.74, 6) is 0.412. The van der Waals surface area contributed by atoms with Crippen LogP contribution in [0.2, 0.25) is 0 Å². The van der Waals surface area contributed by atoms with Crippen molar-refractivity contribution >= 4 is 10.9 Å². The molecule has 118 valence electrons. The van der Waals surface area contributed by atoms with Gasteiger partial charge in [0.05, 0.1) is 5.69 Å². The number of aromatic amines is 2. The summed E-state index contributed by atoms with van der Waals surface area (Å²) in [6, 6.07) is 4.80. The van der Waals surface area contributed by atoms with Crippen LogP contribution in [-0.2, 0) is 19.5 Å². The molecule has 3 heterocycles. The number of nitrogens with one attached hydrogen (secondary N) is 2. The lowest BCUT2D eigenvalue weighted by molar-refractivity contribution is 0.241. The minimum absolute atomic E-state index is 0.0188. The molecule has 0 unspecified atom stereocenters. The summed E-state index contributed by atoms with van der Waals surface area (Å²) in [4.78, 5) is 24.6. The minimum Gasteiger partial charge on any atom is -0.361 e. The Kier molecular flexibility index (Phi) is 3.27. The highest BCUT2D eigenvalue weighted by Gasteiger charge is 2.21. The zero-order valence-corrected chi connectivity index (χ0v) is 12.8. The average Bonchev–Trinajstić information content (AvgIpc) is 2.88. The molecule has 0 saturated heterocycles. The fourth-order valence-electron chi connectivity index (χ4n) is 3.28. The molecule has 5 nitrogen and oxygen atoms in total. The number of rotatable bonds is 2. The molecule has 0 bridgehead atoms. The molecule has 2 N–H and O–H groups in total. The van der Waals surface area contributed by atoms with E-state index >= 15 is 0 Å². The summed E-state index contributed by atoms with van der Waals surface area (Å²) in [7, 11) is 0. The van der Waals surface area contributed by atoms with Crippen LogP contribution >= 0.6 is 0 Å². The molecule has 0 aliphatic carbocycles. The van der Waals surface area contributed by atoms with E-state index in [-0.39, 0.29) is 11.4 Å². The second-order valence-electron chi connectivity index (χ2n) is 6.04. The van der Waals surface area contributed by atoms with Crippen LogP contribution in [0.5, 0.6) is 0 Å². The molecule has 2 aromatic heterocycles. The van der Waals surface area contributed by atoms with Gasteiger partial charge in [0.15, 0.2) is 0 Å². The maximum atomic E-state index is 13.3. The van der Waals surface area contributed by atoms with Gasteiger partial charge in [0.2, 0.25) is 0 Å². The third-order valence-electron chi connectivity index (χ3n) is 4.39. The Morgan fingerprint density at radius 1 is 1.39 bits per heavy atom. The zero-order chi connectivity index (χ0) is 16.0. The summed E-state index contributed by atoms with van der Waals surface area (Å²) in [5, 5.41) is 1.03. The molecule has 0 radical (unpaired) electrons. The molecular weight excluding hydrogens is 295 g/mol. The van der Waals surface area contributed by atoms with E-state index in [4.69, 9.17) is 0 Å². The van der Waals surface area contributed by atoms with Crippen LogP contribution in [0.3, 0.4) is 0 Å². The maximum Gasteiger partial charge on any atom is 0.254 e. The van der Waals surface area contributed by atoms with Crippen molar-refractivity contribution in [2.45, 2.75) is 26.4 Å². The Balaban J connectivity index is 1.61. The fraction of sp³-hybridized carbons (Fsp3) is 0.294. The van der Waals surface area contributed by atoms with Crippen molar-refractivity contribution < 1.29 is 4.39 Å². The highest BCUT2D eigenvalue weighted by atomic mass is 19.1. The first-order valence-corrected chi connectivity index (χ1v) is 7.67. The van der Waals surface area contributed by atoms with Crippen molar-refractivity contribution in [1.82, 2.24) is 19.9 Å². The molecule has 0 amide bonds. The number of H-pyrrole nitrogens is 2. The zero-order valence-electron chi connectivity index (χ0n) is 12.8. The van der Waals surface area contributed by atoms with Crippen LogP contribution in [0.4, 0.5) is 4.39 Å². The van der Waals surface area contributed by atoms with Crippen molar-refractivity contribution in [1.29, 1.82) is 0 Å². The van der Waals surface area contributed by atoms with E-state index in [1.165, 1.54) is 12.1 Å². The van der Waals surface area contributed by atoms with Crippen LogP contribution in [0.15, 0.2) is 29.2 Å². The Bertz CT molecular complexity index is 943. The molecule has 4 rings (SSSR count). The van der Waals surface area contributed by atoms with Crippen molar-refractivity contribution in [3.8, 4) is 0 Å². The van der Waals surface area contributed by atoms with Gasteiger partial charge < -0.3 is 9.97 Å². The Labute approximate surface area is 132 Å². The van der Waals surface area contributed by atoms with Gasteiger partial charge in [-0.15, -0.1) is 0 Å². The number of nitrogens with zero attached hydrogens (tertiary/aromatic N) is 2. The van der Waals surface area contributed by atoms with Crippen molar-refractivity contribution in [3.63, 3.8) is 0 Å².